The molecule has 4 heteroatoms. The molecule has 0 aliphatic carbocycles. The molecule has 5 rings (SSSR count). The summed E-state index contributed by atoms with van der Waals surface area (Å²) in [5, 5.41) is 0. The van der Waals surface area contributed by atoms with Gasteiger partial charge in [-0.1, -0.05) is 72.3 Å². The Morgan fingerprint density at radius 1 is 0.676 bits per heavy atom. The van der Waals surface area contributed by atoms with Crippen LogP contribution in [0.5, 0.6) is 0 Å². The molecule has 1 aliphatic rings. The standard InChI is InChI=1S/C30H29N3O/c1-22-8-10-23(11-9-22)27-20-28(24-6-4-3-5-7-24)31-29(21-27)25-12-14-26(15-13-25)30(34)33-18-16-32(2)17-19-33/h3-15,20-21H,16-19H2,1-2H3. The fourth-order valence-corrected chi connectivity index (χ4v) is 4.32. The van der Waals surface area contributed by atoms with Crippen molar-refractivity contribution in [1.82, 2.24) is 14.8 Å². The summed E-state index contributed by atoms with van der Waals surface area (Å²) >= 11 is 0. The van der Waals surface area contributed by atoms with Crippen LogP contribution in [0, 0.1) is 6.92 Å². The van der Waals surface area contributed by atoms with Gasteiger partial charge in [-0.3, -0.25) is 4.79 Å². The number of carbonyl (C=O) groups is 1. The summed E-state index contributed by atoms with van der Waals surface area (Å²) in [4.78, 5) is 22.1. The molecule has 4 nitrogen and oxygen atoms in total. The van der Waals surface area contributed by atoms with Gasteiger partial charge in [0.15, 0.2) is 0 Å². The Bertz CT molecular complexity index is 1270. The lowest BCUT2D eigenvalue weighted by Gasteiger charge is -2.32. The fourth-order valence-electron chi connectivity index (χ4n) is 4.32. The topological polar surface area (TPSA) is 36.4 Å². The summed E-state index contributed by atoms with van der Waals surface area (Å²) in [5.41, 5.74) is 8.17. The van der Waals surface area contributed by atoms with Crippen molar-refractivity contribution >= 4 is 5.91 Å². The monoisotopic (exact) mass is 447 g/mol. The quantitative estimate of drug-likeness (QED) is 0.398. The van der Waals surface area contributed by atoms with Gasteiger partial charge in [0.25, 0.3) is 5.91 Å². The smallest absolute Gasteiger partial charge is 0.253 e. The zero-order valence-corrected chi connectivity index (χ0v) is 19.7. The van der Waals surface area contributed by atoms with Crippen LogP contribution in [0.1, 0.15) is 15.9 Å². The van der Waals surface area contributed by atoms with Gasteiger partial charge in [0, 0.05) is 42.9 Å². The van der Waals surface area contributed by atoms with E-state index >= 15 is 0 Å². The van der Waals surface area contributed by atoms with E-state index in [1.807, 2.05) is 47.4 Å². The molecule has 0 saturated carbocycles. The van der Waals surface area contributed by atoms with Gasteiger partial charge in [0.1, 0.15) is 0 Å². The highest BCUT2D eigenvalue weighted by Crippen LogP contribution is 2.30. The lowest BCUT2D eigenvalue weighted by atomic mass is 9.99. The number of amides is 1. The molecular weight excluding hydrogens is 418 g/mol. The Morgan fingerprint density at radius 3 is 1.85 bits per heavy atom. The first-order valence-corrected chi connectivity index (χ1v) is 11.8. The van der Waals surface area contributed by atoms with Crippen LogP contribution >= 0.6 is 0 Å². The Balaban J connectivity index is 1.49. The summed E-state index contributed by atoms with van der Waals surface area (Å²) in [7, 11) is 2.10. The van der Waals surface area contributed by atoms with E-state index in [0.29, 0.717) is 0 Å². The van der Waals surface area contributed by atoms with Gasteiger partial charge in [0.05, 0.1) is 11.4 Å². The van der Waals surface area contributed by atoms with Crippen molar-refractivity contribution in [2.45, 2.75) is 6.92 Å². The predicted molar refractivity (Wildman–Crippen MR) is 139 cm³/mol. The Hall–Kier alpha value is -3.76. The maximum Gasteiger partial charge on any atom is 0.253 e. The number of aryl methyl sites for hydroxylation is 1. The number of hydrogen-bond acceptors (Lipinski definition) is 3. The van der Waals surface area contributed by atoms with Crippen molar-refractivity contribution in [1.29, 1.82) is 0 Å². The summed E-state index contributed by atoms with van der Waals surface area (Å²) in [5.74, 6) is 0.103. The number of pyridine rings is 1. The molecule has 0 N–H and O–H groups in total. The van der Waals surface area contributed by atoms with Crippen LogP contribution in [0.15, 0.2) is 91.0 Å². The first kappa shape index (κ1) is 22.1. The molecule has 1 aliphatic heterocycles. The van der Waals surface area contributed by atoms with E-state index in [-0.39, 0.29) is 5.91 Å². The molecule has 1 saturated heterocycles. The minimum absolute atomic E-state index is 0.103. The molecule has 1 aromatic heterocycles. The normalized spacial score (nSPS) is 14.2. The van der Waals surface area contributed by atoms with Crippen LogP contribution in [0.3, 0.4) is 0 Å². The first-order chi connectivity index (χ1) is 16.6. The van der Waals surface area contributed by atoms with E-state index in [1.165, 1.54) is 5.56 Å². The number of nitrogens with zero attached hydrogens (tertiary/aromatic N) is 3. The van der Waals surface area contributed by atoms with Crippen molar-refractivity contribution in [2.24, 2.45) is 0 Å². The number of carbonyl (C=O) groups excluding carboxylic acids is 1. The Kier molecular flexibility index (Phi) is 6.24. The lowest BCUT2D eigenvalue weighted by Crippen LogP contribution is -2.47. The summed E-state index contributed by atoms with van der Waals surface area (Å²) in [6.45, 7) is 5.49. The number of hydrogen-bond donors (Lipinski definition) is 0. The van der Waals surface area contributed by atoms with Crippen LogP contribution in [0.4, 0.5) is 0 Å². The number of likely N-dealkylation sites (N-methyl/N-ethyl adjacent to an activating group) is 1. The Labute approximate surface area is 201 Å². The van der Waals surface area contributed by atoms with Gasteiger partial charge in [-0.25, -0.2) is 4.98 Å². The molecule has 0 unspecified atom stereocenters. The molecule has 2 heterocycles. The van der Waals surface area contributed by atoms with Gasteiger partial charge in [-0.2, -0.15) is 0 Å². The number of piperazine rings is 1. The second kappa shape index (κ2) is 9.62. The molecule has 170 valence electrons. The lowest BCUT2D eigenvalue weighted by molar-refractivity contribution is 0.0664. The fraction of sp³-hybridized carbons (Fsp3) is 0.200. The summed E-state index contributed by atoms with van der Waals surface area (Å²) in [6, 6.07) is 31.0. The molecule has 0 spiro atoms. The molecule has 0 radical (unpaired) electrons. The SMILES string of the molecule is Cc1ccc(-c2cc(-c3ccccc3)nc(-c3ccc(C(=O)N4CCN(C)CC4)cc3)c2)cc1. The second-order valence-electron chi connectivity index (χ2n) is 9.03. The largest absolute Gasteiger partial charge is 0.336 e. The van der Waals surface area contributed by atoms with Crippen LogP contribution in [-0.2, 0) is 0 Å². The van der Waals surface area contributed by atoms with E-state index in [1.54, 1.807) is 0 Å². The maximum absolute atomic E-state index is 13.0. The van der Waals surface area contributed by atoms with Crippen LogP contribution < -0.4 is 0 Å². The minimum atomic E-state index is 0.103. The zero-order chi connectivity index (χ0) is 23.5. The van der Waals surface area contributed by atoms with Gasteiger partial charge >= 0.3 is 0 Å². The minimum Gasteiger partial charge on any atom is -0.336 e. The second-order valence-corrected chi connectivity index (χ2v) is 9.03. The molecule has 0 bridgehead atoms. The van der Waals surface area contributed by atoms with Crippen LogP contribution in [0.2, 0.25) is 0 Å². The van der Waals surface area contributed by atoms with Crippen molar-refractivity contribution in [3.05, 3.63) is 102 Å². The van der Waals surface area contributed by atoms with Gasteiger partial charge in [-0.15, -0.1) is 0 Å². The van der Waals surface area contributed by atoms with E-state index in [0.717, 1.165) is 65.4 Å². The molecule has 1 amide bonds. The molecular formula is C30H29N3O. The Morgan fingerprint density at radius 2 is 1.24 bits per heavy atom. The van der Waals surface area contributed by atoms with Gasteiger partial charge in [0.2, 0.25) is 0 Å². The van der Waals surface area contributed by atoms with E-state index in [9.17, 15) is 4.79 Å². The molecule has 0 atom stereocenters. The highest BCUT2D eigenvalue weighted by atomic mass is 16.2. The van der Waals surface area contributed by atoms with Crippen molar-refractivity contribution < 1.29 is 4.79 Å². The predicted octanol–water partition coefficient (Wildman–Crippen LogP) is 5.78. The highest BCUT2D eigenvalue weighted by molar-refractivity contribution is 5.94. The molecule has 4 aromatic rings. The molecule has 34 heavy (non-hydrogen) atoms. The third-order valence-electron chi connectivity index (χ3n) is 6.50. The van der Waals surface area contributed by atoms with E-state index in [2.05, 4.69) is 67.4 Å². The zero-order valence-electron chi connectivity index (χ0n) is 19.7. The van der Waals surface area contributed by atoms with E-state index < -0.39 is 0 Å². The van der Waals surface area contributed by atoms with Crippen molar-refractivity contribution in [3.63, 3.8) is 0 Å². The van der Waals surface area contributed by atoms with Crippen LogP contribution in [0.25, 0.3) is 33.6 Å². The number of aromatic nitrogens is 1. The maximum atomic E-state index is 13.0. The third kappa shape index (κ3) is 4.78. The molecule has 1 fully saturated rings. The van der Waals surface area contributed by atoms with Crippen LogP contribution in [-0.4, -0.2) is 53.9 Å². The van der Waals surface area contributed by atoms with Gasteiger partial charge < -0.3 is 9.80 Å². The number of rotatable bonds is 4. The summed E-state index contributed by atoms with van der Waals surface area (Å²) in [6.07, 6.45) is 0. The van der Waals surface area contributed by atoms with Crippen molar-refractivity contribution in [2.75, 3.05) is 33.2 Å². The average Bonchev–Trinajstić information content (AvgIpc) is 2.89. The third-order valence-corrected chi connectivity index (χ3v) is 6.50. The van der Waals surface area contributed by atoms with Crippen molar-refractivity contribution in [3.8, 4) is 33.6 Å². The highest BCUT2D eigenvalue weighted by Gasteiger charge is 2.20. The number of benzene rings is 3. The molecule has 3 aromatic carbocycles. The summed E-state index contributed by atoms with van der Waals surface area (Å²) < 4.78 is 0. The first-order valence-electron chi connectivity index (χ1n) is 11.8. The van der Waals surface area contributed by atoms with Gasteiger partial charge in [-0.05, 0) is 49.4 Å². The van der Waals surface area contributed by atoms with E-state index in [4.69, 9.17) is 4.98 Å². The average molecular weight is 448 g/mol.